The number of nitrogens with zero attached hydrogens (tertiary/aromatic N) is 4. The lowest BCUT2D eigenvalue weighted by Crippen LogP contribution is -2.31. The van der Waals surface area contributed by atoms with Crippen molar-refractivity contribution in [1.82, 2.24) is 14.1 Å². The molecule has 16 aromatic rings. The fraction of sp³-hybridized carbons (Fsp3) is 0.0968. The van der Waals surface area contributed by atoms with Gasteiger partial charge in [0, 0.05) is 32.7 Å². The van der Waals surface area contributed by atoms with Crippen molar-refractivity contribution in [2.75, 3.05) is 0 Å². The number of ether oxygens (including phenoxy) is 1. The molecule has 0 bridgehead atoms. The number of hydrogen-bond acceptors (Lipinski definition) is 2. The molecule has 0 atom stereocenters. The molecule has 5 heteroatoms. The molecule has 0 radical (unpaired) electrons. The fourth-order valence-electron chi connectivity index (χ4n) is 11.9. The molecule has 16 rings (SSSR count). The molecule has 13 aromatic carbocycles. The molecule has 3 aromatic heterocycles. The monoisotopic (exact) mass is 1300 g/mol. The van der Waals surface area contributed by atoms with Crippen LogP contribution < -0.4 is 9.30 Å². The van der Waals surface area contributed by atoms with E-state index in [2.05, 4.69) is 53.9 Å². The van der Waals surface area contributed by atoms with E-state index in [1.165, 1.54) is 28.8 Å². The summed E-state index contributed by atoms with van der Waals surface area (Å²) in [6.45, 7) is 9.41. The second-order valence-electron chi connectivity index (χ2n) is 25.2. The Morgan fingerprint density at radius 1 is 0.398 bits per heavy atom. The number of rotatable bonds is 13. The van der Waals surface area contributed by atoms with Gasteiger partial charge in [0.2, 0.25) is 0 Å². The second-order valence-corrected chi connectivity index (χ2v) is 25.2. The van der Waals surface area contributed by atoms with E-state index in [0.29, 0.717) is 32.9 Å². The SMILES string of the molecule is [2H]c1c([2H])c([2H])c(-c2cnc(-n3c4ccccc4c4ccc(Oc5cccc(-n6[c-][n+](-c7c(-c8c([2H])c(-c9c([2H])c([2H])c([2H])c([2H])c9[2H])c([2H])c(-c9c([2H])c([2H])c([2H])c([2H])c9[2H])c8[2H])cccc7-c7c([2H])c(-c8c([2H])c([2H])c([2H])c([2H])c8[2H])c([2H])c(-c8c([2H])c([2H])c([2H])c([2H])c8[2H])c7[2H])c7ccc(-c8cc(C(C)(C)C)cc(C(C)(C)C)c8)cc76)c5)cc43)cc2C([2H])([2H])[2H])c([2H])c1[2H]. The summed E-state index contributed by atoms with van der Waals surface area (Å²) in [6, 6.07) is 6.67. The van der Waals surface area contributed by atoms with Crippen LogP contribution in [0.5, 0.6) is 11.5 Å². The van der Waals surface area contributed by atoms with Crippen LogP contribution in [0.25, 0.3) is 139 Å². The third-order valence-electron chi connectivity index (χ3n) is 16.8. The van der Waals surface area contributed by atoms with Crippen molar-refractivity contribution in [3.63, 3.8) is 0 Å². The van der Waals surface area contributed by atoms with Crippen LogP contribution in [0.3, 0.4) is 0 Å². The summed E-state index contributed by atoms with van der Waals surface area (Å²) in [5, 5.41) is 1.32. The van der Waals surface area contributed by atoms with E-state index in [1.54, 1.807) is 81.9 Å². The van der Waals surface area contributed by atoms with Crippen molar-refractivity contribution >= 4 is 32.8 Å². The normalized spacial score (nSPS) is 16.8. The van der Waals surface area contributed by atoms with E-state index in [1.807, 2.05) is 24.3 Å². The van der Waals surface area contributed by atoms with Gasteiger partial charge in [-0.05, 0) is 203 Å². The van der Waals surface area contributed by atoms with Gasteiger partial charge in [0.1, 0.15) is 17.3 Å². The van der Waals surface area contributed by atoms with Crippen molar-refractivity contribution in [3.8, 4) is 118 Å². The van der Waals surface area contributed by atoms with Gasteiger partial charge in [-0.25, -0.2) is 4.98 Å². The van der Waals surface area contributed by atoms with E-state index in [0.717, 1.165) is 17.3 Å². The van der Waals surface area contributed by atoms with Crippen LogP contribution in [0.2, 0.25) is 0 Å². The van der Waals surface area contributed by atoms with Gasteiger partial charge in [0.15, 0.2) is 0 Å². The van der Waals surface area contributed by atoms with Crippen LogP contribution >= 0.6 is 0 Å². The third kappa shape index (κ3) is 11.8. The first-order chi connectivity index (χ1) is 61.8. The maximum Gasteiger partial charge on any atom is 0.269 e. The van der Waals surface area contributed by atoms with E-state index in [4.69, 9.17) is 37.1 Å². The average molecular weight is 1300 g/mol. The van der Waals surface area contributed by atoms with Gasteiger partial charge in [-0.15, -0.1) is 0 Å². The number of hydrogen-bond donors (Lipinski definition) is 0. The minimum atomic E-state index is -2.95. The summed E-state index contributed by atoms with van der Waals surface area (Å²) >= 11 is 0. The van der Waals surface area contributed by atoms with Crippen LogP contribution in [-0.2, 0) is 10.8 Å². The summed E-state index contributed by atoms with van der Waals surface area (Å²) in [5.41, 5.74) is -6.58. The number of fused-ring (bicyclic) bond motifs is 4. The van der Waals surface area contributed by atoms with E-state index < -0.39 is 277 Å². The smallest absolute Gasteiger partial charge is 0.269 e. The third-order valence-corrected chi connectivity index (χ3v) is 16.8. The molecular formula is C93H74N4O. The molecule has 472 valence electrons. The van der Waals surface area contributed by atoms with E-state index in [-0.39, 0.29) is 50.7 Å². The molecule has 0 aliphatic carbocycles. The molecule has 0 aliphatic heterocycles. The van der Waals surface area contributed by atoms with Crippen molar-refractivity contribution in [2.45, 2.75) is 59.2 Å². The lowest BCUT2D eigenvalue weighted by Gasteiger charge is -2.26. The minimum Gasteiger partial charge on any atom is -0.458 e. The Labute approximate surface area is 622 Å². The largest absolute Gasteiger partial charge is 0.458 e. The lowest BCUT2D eigenvalue weighted by atomic mass is 9.79. The highest BCUT2D eigenvalue weighted by Gasteiger charge is 2.26. The first-order valence-corrected chi connectivity index (χ1v) is 31.1. The number of para-hydroxylation sites is 2. The number of aromatic nitrogens is 4. The van der Waals surface area contributed by atoms with Crippen molar-refractivity contribution in [2.24, 2.45) is 0 Å². The zero-order valence-electron chi connectivity index (χ0n) is 87.4. The molecule has 0 unspecified atom stereocenters. The second kappa shape index (κ2) is 25.0. The maximum atomic E-state index is 10.7. The van der Waals surface area contributed by atoms with Crippen molar-refractivity contribution in [3.05, 3.63) is 344 Å². The molecule has 0 fully saturated rings. The van der Waals surface area contributed by atoms with Crippen LogP contribution in [0.1, 0.15) is 105 Å². The van der Waals surface area contributed by atoms with Crippen LogP contribution in [-0.4, -0.2) is 14.1 Å². The molecule has 0 amide bonds. The molecule has 5 nitrogen and oxygen atoms in total. The van der Waals surface area contributed by atoms with Crippen molar-refractivity contribution < 1.29 is 55.9 Å². The molecule has 98 heavy (non-hydrogen) atoms. The summed E-state index contributed by atoms with van der Waals surface area (Å²) in [5.74, 6) is 0.375. The zero-order valence-corrected chi connectivity index (χ0v) is 53.4. The van der Waals surface area contributed by atoms with Crippen LogP contribution in [0.15, 0.2) is 321 Å². The Kier molecular flexibility index (Phi) is 8.71. The molecule has 0 N–H and O–H groups in total. The molecular weight excluding hydrogens is 1190 g/mol. The van der Waals surface area contributed by atoms with Crippen molar-refractivity contribution in [1.29, 1.82) is 0 Å². The summed E-state index contributed by atoms with van der Waals surface area (Å²) in [6.07, 6.45) is 4.63. The Morgan fingerprint density at radius 3 is 1.44 bits per heavy atom. The van der Waals surface area contributed by atoms with Crippen LogP contribution in [0.4, 0.5) is 0 Å². The Hall–Kier alpha value is -11.9. The zero-order chi connectivity index (χ0) is 96.1. The van der Waals surface area contributed by atoms with Gasteiger partial charge in [0.05, 0.1) is 75.9 Å². The number of aryl methyl sites for hydroxylation is 1. The minimum absolute atomic E-state index is 0.0558. The number of imidazole rings is 1. The maximum absolute atomic E-state index is 10.7. The fourth-order valence-corrected chi connectivity index (χ4v) is 11.9. The Balaban J connectivity index is 1.04. The topological polar surface area (TPSA) is 35.9 Å². The Bertz CT molecular complexity index is 7180. The van der Waals surface area contributed by atoms with Gasteiger partial charge in [-0.2, -0.15) is 0 Å². The average Bonchev–Trinajstić information content (AvgIpc) is 0.795. The molecule has 0 saturated heterocycles. The number of benzene rings is 13. The highest BCUT2D eigenvalue weighted by Crippen LogP contribution is 2.44. The first kappa shape index (κ1) is 34.1. The van der Waals surface area contributed by atoms with Gasteiger partial charge in [-0.1, -0.05) is 265 Å². The lowest BCUT2D eigenvalue weighted by molar-refractivity contribution is -0.571. The number of pyridine rings is 1. The highest BCUT2D eigenvalue weighted by molar-refractivity contribution is 6.09. The van der Waals surface area contributed by atoms with Gasteiger partial charge in [-0.3, -0.25) is 13.7 Å². The quantitative estimate of drug-likeness (QED) is 0.0852. The van der Waals surface area contributed by atoms with E-state index in [9.17, 15) is 19.2 Å². The molecule has 3 heterocycles. The van der Waals surface area contributed by atoms with E-state index >= 15 is 0 Å². The summed E-state index contributed by atoms with van der Waals surface area (Å²) in [7, 11) is 0. The highest BCUT2D eigenvalue weighted by atomic mass is 16.5. The summed E-state index contributed by atoms with van der Waals surface area (Å²) in [4.78, 5) is 4.74. The molecule has 0 aliphatic rings. The summed E-state index contributed by atoms with van der Waals surface area (Å²) < 4.78 is 326. The van der Waals surface area contributed by atoms with Gasteiger partial charge >= 0.3 is 0 Å². The molecule has 0 spiro atoms. The molecule has 0 saturated carbocycles. The first-order valence-electron chi connectivity index (χ1n) is 48.1. The van der Waals surface area contributed by atoms with Gasteiger partial charge < -0.3 is 4.74 Å². The van der Waals surface area contributed by atoms with Crippen LogP contribution in [0, 0.1) is 13.2 Å². The Morgan fingerprint density at radius 2 is 0.898 bits per heavy atom. The van der Waals surface area contributed by atoms with Gasteiger partial charge in [0.25, 0.3) is 6.33 Å². The predicted molar refractivity (Wildman–Crippen MR) is 408 cm³/mol. The standard InChI is InChI=1S/C93H74N4O/c1-62-47-90(94-60-85(62)67-35-21-12-22-36-67)97-86-42-24-23-39-83(86)84-45-44-80(59-88(84)97)98-79-38-25-37-78(58-79)95-61-96(87-46-43-68(56-89(87)95)73-54-76(92(2,3)4)57-77(55-73)93(5,6)7)91-81(74-50-69(63-27-13-8-14-28-63)48-70(51-74)64-29-15-9-16-30-64)40-26-41-82(91)75-52-71(65-31-17-10-18-32-65)49-72(53-75)66-33-19-11-20-34-66/h8-60H,1-7H3/i1D3,8D,9D,10D,11D,12D,13D,14D,15D,16D,17D,18D,19D,20D,21D,22D,27D,28D,29D,30D,31D,32D,33D,34D,35D,36D,48D,49D,50D,51D,52D,53D. The predicted octanol–water partition coefficient (Wildman–Crippen LogP) is 24.2.